The van der Waals surface area contributed by atoms with Gasteiger partial charge in [0.15, 0.2) is 0 Å². The number of carboxylic acids is 1. The normalized spacial score (nSPS) is 12.3. The van der Waals surface area contributed by atoms with E-state index in [1.165, 1.54) is 11.6 Å². The summed E-state index contributed by atoms with van der Waals surface area (Å²) in [4.78, 5) is 14.3. The van der Waals surface area contributed by atoms with Gasteiger partial charge in [-0.05, 0) is 23.5 Å². The van der Waals surface area contributed by atoms with Crippen molar-refractivity contribution >= 4 is 22.4 Å². The molecule has 2 rings (SSSR count). The molecule has 19 heavy (non-hydrogen) atoms. The van der Waals surface area contributed by atoms with Crippen LogP contribution >= 0.6 is 0 Å². The van der Waals surface area contributed by atoms with Gasteiger partial charge in [0.1, 0.15) is 0 Å². The molecule has 3 nitrogen and oxygen atoms in total. The number of allylic oxidation sites excluding steroid dienone is 1. The van der Waals surface area contributed by atoms with Gasteiger partial charge in [-0.25, -0.2) is 4.79 Å². The van der Waals surface area contributed by atoms with Crippen molar-refractivity contribution in [1.29, 1.82) is 0 Å². The molecule has 0 saturated carbocycles. The lowest BCUT2D eigenvalue weighted by Gasteiger charge is -2.10. The highest BCUT2D eigenvalue weighted by Gasteiger charge is 2.14. The van der Waals surface area contributed by atoms with E-state index in [1.54, 1.807) is 0 Å². The second-order valence-corrected chi connectivity index (χ2v) is 4.99. The molecular formula is C16H19NO2. The summed E-state index contributed by atoms with van der Waals surface area (Å²) in [6.45, 7) is 6.14. The predicted octanol–water partition coefficient (Wildman–Crippen LogP) is 3.85. The summed E-state index contributed by atoms with van der Waals surface area (Å²) in [5.74, 6) is -0.731. The van der Waals surface area contributed by atoms with Crippen LogP contribution in [0.3, 0.4) is 0 Å². The van der Waals surface area contributed by atoms with E-state index in [1.807, 2.05) is 32.2 Å². The number of benzene rings is 1. The molecule has 0 spiro atoms. The van der Waals surface area contributed by atoms with Crippen LogP contribution in [0.25, 0.3) is 16.5 Å². The number of fused-ring (bicyclic) bond motifs is 1. The predicted molar refractivity (Wildman–Crippen MR) is 78.1 cm³/mol. The molecule has 1 heterocycles. The lowest BCUT2D eigenvalue weighted by molar-refractivity contribution is -0.131. The second kappa shape index (κ2) is 5.31. The van der Waals surface area contributed by atoms with Crippen molar-refractivity contribution in [3.05, 3.63) is 41.6 Å². The van der Waals surface area contributed by atoms with Crippen LogP contribution in [0.2, 0.25) is 0 Å². The van der Waals surface area contributed by atoms with E-state index in [0.717, 1.165) is 28.5 Å². The van der Waals surface area contributed by atoms with Gasteiger partial charge in [0.05, 0.1) is 0 Å². The van der Waals surface area contributed by atoms with Gasteiger partial charge in [0.2, 0.25) is 0 Å². The molecule has 2 aromatic rings. The maximum absolute atomic E-state index is 11.0. The van der Waals surface area contributed by atoms with Gasteiger partial charge in [-0.1, -0.05) is 39.0 Å². The van der Waals surface area contributed by atoms with Gasteiger partial charge in [-0.2, -0.15) is 0 Å². The van der Waals surface area contributed by atoms with Crippen LogP contribution in [0.5, 0.6) is 0 Å². The van der Waals surface area contributed by atoms with Gasteiger partial charge < -0.3 is 10.1 Å². The summed E-state index contributed by atoms with van der Waals surface area (Å²) in [6.07, 6.45) is 4.18. The Morgan fingerprint density at radius 2 is 2.16 bits per heavy atom. The summed E-state index contributed by atoms with van der Waals surface area (Å²) in [6, 6.07) is 6.16. The zero-order valence-corrected chi connectivity index (χ0v) is 11.5. The first-order valence-corrected chi connectivity index (χ1v) is 6.58. The average molecular weight is 257 g/mol. The first kappa shape index (κ1) is 13.4. The number of carbonyl (C=O) groups is 1. The number of rotatable bonds is 4. The largest absolute Gasteiger partial charge is 0.478 e. The number of carboxylic acid groups (broad SMARTS) is 1. The Morgan fingerprint density at radius 1 is 1.42 bits per heavy atom. The van der Waals surface area contributed by atoms with E-state index in [-0.39, 0.29) is 5.92 Å². The minimum atomic E-state index is -0.898. The van der Waals surface area contributed by atoms with E-state index < -0.39 is 5.97 Å². The third-order valence-electron chi connectivity index (χ3n) is 3.39. The summed E-state index contributed by atoms with van der Waals surface area (Å²) in [5, 5.41) is 10.1. The summed E-state index contributed by atoms with van der Waals surface area (Å²) < 4.78 is 0. The number of nitrogens with one attached hydrogen (secondary N) is 1. The molecule has 3 heteroatoms. The molecule has 0 radical (unpaired) electrons. The highest BCUT2D eigenvalue weighted by molar-refractivity contribution is 5.99. The van der Waals surface area contributed by atoms with E-state index in [4.69, 9.17) is 5.11 Å². The van der Waals surface area contributed by atoms with Crippen LogP contribution < -0.4 is 0 Å². The van der Waals surface area contributed by atoms with Crippen molar-refractivity contribution in [3.63, 3.8) is 0 Å². The molecule has 2 N–H and O–H groups in total. The third kappa shape index (κ3) is 2.55. The fourth-order valence-electron chi connectivity index (χ4n) is 2.44. The van der Waals surface area contributed by atoms with Gasteiger partial charge in [0, 0.05) is 28.7 Å². The summed E-state index contributed by atoms with van der Waals surface area (Å²) >= 11 is 0. The lowest BCUT2D eigenvalue weighted by Crippen LogP contribution is -1.98. The zero-order valence-electron chi connectivity index (χ0n) is 11.5. The Kier molecular flexibility index (Phi) is 3.74. The molecule has 0 aliphatic rings. The average Bonchev–Trinajstić information content (AvgIpc) is 2.78. The molecule has 0 fully saturated rings. The molecule has 0 aliphatic heterocycles. The highest BCUT2D eigenvalue weighted by Crippen LogP contribution is 2.31. The maximum Gasteiger partial charge on any atom is 0.328 e. The summed E-state index contributed by atoms with van der Waals surface area (Å²) in [7, 11) is 0. The van der Waals surface area contributed by atoms with Crippen LogP contribution in [0.1, 0.15) is 31.9 Å². The Balaban J connectivity index is 2.65. The molecule has 0 unspecified atom stereocenters. The van der Waals surface area contributed by atoms with Crippen LogP contribution in [0.15, 0.2) is 30.5 Å². The first-order valence-electron chi connectivity index (χ1n) is 6.58. The summed E-state index contributed by atoms with van der Waals surface area (Å²) in [5.41, 5.74) is 4.20. The van der Waals surface area contributed by atoms with Crippen LogP contribution in [-0.4, -0.2) is 16.1 Å². The van der Waals surface area contributed by atoms with E-state index in [9.17, 15) is 4.79 Å². The first-order chi connectivity index (χ1) is 9.04. The van der Waals surface area contributed by atoms with Gasteiger partial charge in [0.25, 0.3) is 0 Å². The van der Waals surface area contributed by atoms with Crippen molar-refractivity contribution in [3.8, 4) is 0 Å². The number of aliphatic carboxylic acids is 1. The van der Waals surface area contributed by atoms with Crippen molar-refractivity contribution < 1.29 is 9.90 Å². The molecule has 0 atom stereocenters. The monoisotopic (exact) mass is 257 g/mol. The topological polar surface area (TPSA) is 53.1 Å². The van der Waals surface area contributed by atoms with E-state index in [0.29, 0.717) is 0 Å². The number of hydrogen-bond donors (Lipinski definition) is 2. The molecular weight excluding hydrogens is 238 g/mol. The number of H-pyrrole nitrogens is 1. The lowest BCUT2D eigenvalue weighted by atomic mass is 9.94. The number of aromatic amines is 1. The number of aromatic nitrogens is 1. The Hall–Kier alpha value is -2.03. The fourth-order valence-corrected chi connectivity index (χ4v) is 2.44. The third-order valence-corrected chi connectivity index (χ3v) is 3.39. The van der Waals surface area contributed by atoms with Gasteiger partial charge >= 0.3 is 5.97 Å². The standard InChI is InChI=1S/C16H19NO2/c1-4-11-6-5-7-12-14(9-17-16(11)12)13(10(2)3)8-15(18)19/h5-10,17H,4H2,1-3H3,(H,18,19). The fraction of sp³-hybridized carbons (Fsp3) is 0.312. The highest BCUT2D eigenvalue weighted by atomic mass is 16.4. The second-order valence-electron chi connectivity index (χ2n) is 4.99. The zero-order chi connectivity index (χ0) is 14.0. The number of para-hydroxylation sites is 1. The van der Waals surface area contributed by atoms with E-state index in [2.05, 4.69) is 18.0 Å². The van der Waals surface area contributed by atoms with Crippen molar-refractivity contribution in [2.75, 3.05) is 0 Å². The van der Waals surface area contributed by atoms with Gasteiger partial charge in [-0.15, -0.1) is 0 Å². The smallest absolute Gasteiger partial charge is 0.328 e. The molecule has 100 valence electrons. The van der Waals surface area contributed by atoms with Crippen molar-refractivity contribution in [2.24, 2.45) is 5.92 Å². The molecule has 0 bridgehead atoms. The van der Waals surface area contributed by atoms with Crippen LogP contribution in [0.4, 0.5) is 0 Å². The van der Waals surface area contributed by atoms with E-state index >= 15 is 0 Å². The van der Waals surface area contributed by atoms with Gasteiger partial charge in [-0.3, -0.25) is 0 Å². The number of aryl methyl sites for hydroxylation is 1. The minimum absolute atomic E-state index is 0.167. The molecule has 1 aromatic heterocycles. The van der Waals surface area contributed by atoms with Crippen molar-refractivity contribution in [2.45, 2.75) is 27.2 Å². The SMILES string of the molecule is CCc1cccc2c(C(=CC(=O)O)C(C)C)c[nH]c12. The van der Waals surface area contributed by atoms with Crippen molar-refractivity contribution in [1.82, 2.24) is 4.98 Å². The Morgan fingerprint density at radius 3 is 2.74 bits per heavy atom. The molecule has 0 aliphatic carbocycles. The Bertz CT molecular complexity index is 635. The van der Waals surface area contributed by atoms with Crippen LogP contribution in [0, 0.1) is 5.92 Å². The molecule has 0 saturated heterocycles. The minimum Gasteiger partial charge on any atom is -0.478 e. The Labute approximate surface area is 113 Å². The maximum atomic E-state index is 11.0. The van der Waals surface area contributed by atoms with Crippen LogP contribution in [-0.2, 0) is 11.2 Å². The molecule has 0 amide bonds. The number of hydrogen-bond acceptors (Lipinski definition) is 1. The quantitative estimate of drug-likeness (QED) is 0.817. The molecule has 1 aromatic carbocycles.